The third kappa shape index (κ3) is 3.81. The molecule has 118 valence electrons. The lowest BCUT2D eigenvalue weighted by molar-refractivity contribution is -0.118. The van der Waals surface area contributed by atoms with Gasteiger partial charge in [0.05, 0.1) is 5.92 Å². The smallest absolute Gasteiger partial charge is 0.228 e. The molecule has 0 saturated heterocycles. The molecule has 0 aromatic heterocycles. The number of anilines is 2. The number of rotatable bonds is 4. The van der Waals surface area contributed by atoms with E-state index in [1.54, 1.807) is 30.3 Å². The van der Waals surface area contributed by atoms with Crippen LogP contribution in [0.25, 0.3) is 0 Å². The van der Waals surface area contributed by atoms with Crippen molar-refractivity contribution in [3.05, 3.63) is 34.8 Å². The lowest BCUT2D eigenvalue weighted by Gasteiger charge is -2.07. The molecule has 0 bridgehead atoms. The number of hydrogen-bond acceptors (Lipinski definition) is 2. The summed E-state index contributed by atoms with van der Waals surface area (Å²) in [5.74, 6) is -0.316. The molecule has 0 heterocycles. The maximum Gasteiger partial charge on any atom is 0.228 e. The van der Waals surface area contributed by atoms with Crippen molar-refractivity contribution >= 4 is 46.4 Å². The number of halogens is 2. The van der Waals surface area contributed by atoms with E-state index >= 15 is 0 Å². The first-order chi connectivity index (χ1) is 10.2. The molecule has 0 unspecified atom stereocenters. The second-order valence-electron chi connectivity index (χ2n) is 6.03. The van der Waals surface area contributed by atoms with E-state index in [1.807, 2.05) is 13.8 Å². The summed E-state index contributed by atoms with van der Waals surface area (Å²) in [6.07, 6.45) is 1.72. The van der Waals surface area contributed by atoms with Gasteiger partial charge in [-0.15, -0.1) is 0 Å². The van der Waals surface area contributed by atoms with Gasteiger partial charge in [-0.05, 0) is 41.7 Å². The van der Waals surface area contributed by atoms with Crippen molar-refractivity contribution < 1.29 is 9.59 Å². The van der Waals surface area contributed by atoms with Gasteiger partial charge < -0.3 is 10.6 Å². The molecule has 6 heteroatoms. The molecule has 0 radical (unpaired) electrons. The topological polar surface area (TPSA) is 58.2 Å². The molecule has 4 nitrogen and oxygen atoms in total. The van der Waals surface area contributed by atoms with E-state index in [0.29, 0.717) is 11.4 Å². The zero-order valence-corrected chi connectivity index (χ0v) is 14.1. The highest BCUT2D eigenvalue weighted by Crippen LogP contribution is 2.60. The molecular formula is C16H18Cl2N2O2. The van der Waals surface area contributed by atoms with Crippen LogP contribution in [0.4, 0.5) is 11.4 Å². The quantitative estimate of drug-likeness (QED) is 0.863. The van der Waals surface area contributed by atoms with E-state index in [9.17, 15) is 9.59 Å². The van der Waals surface area contributed by atoms with Crippen LogP contribution < -0.4 is 10.6 Å². The summed E-state index contributed by atoms with van der Waals surface area (Å²) < 4.78 is 0.188. The van der Waals surface area contributed by atoms with Gasteiger partial charge in [0.15, 0.2) is 0 Å². The van der Waals surface area contributed by atoms with Crippen LogP contribution in [0.5, 0.6) is 0 Å². The van der Waals surface area contributed by atoms with Crippen LogP contribution in [0.3, 0.4) is 0 Å². The Labute approximate surface area is 139 Å². The van der Waals surface area contributed by atoms with Crippen molar-refractivity contribution in [1.82, 2.24) is 0 Å². The average Bonchev–Trinajstić information content (AvgIpc) is 2.91. The van der Waals surface area contributed by atoms with Crippen molar-refractivity contribution in [2.45, 2.75) is 20.8 Å². The van der Waals surface area contributed by atoms with E-state index < -0.39 is 0 Å². The van der Waals surface area contributed by atoms with Crippen LogP contribution in [0.2, 0.25) is 0 Å². The Morgan fingerprint density at radius 2 is 1.59 bits per heavy atom. The Morgan fingerprint density at radius 1 is 1.09 bits per heavy atom. The average molecular weight is 341 g/mol. The van der Waals surface area contributed by atoms with E-state index in [-0.39, 0.29) is 33.6 Å². The second-order valence-corrected chi connectivity index (χ2v) is 7.04. The first kappa shape index (κ1) is 16.8. The minimum absolute atomic E-state index is 0.0381. The highest BCUT2D eigenvalue weighted by Gasteiger charge is 2.60. The fourth-order valence-electron chi connectivity index (χ4n) is 2.69. The summed E-state index contributed by atoms with van der Waals surface area (Å²) in [4.78, 5) is 23.3. The molecule has 2 atom stereocenters. The third-order valence-corrected chi connectivity index (χ3v) is 4.22. The van der Waals surface area contributed by atoms with E-state index in [1.165, 1.54) is 6.92 Å². The van der Waals surface area contributed by atoms with Gasteiger partial charge in [0.2, 0.25) is 11.8 Å². The van der Waals surface area contributed by atoms with E-state index in [2.05, 4.69) is 10.6 Å². The van der Waals surface area contributed by atoms with Crippen LogP contribution in [-0.4, -0.2) is 11.8 Å². The second kappa shape index (κ2) is 6.31. The number of nitrogens with one attached hydrogen (secondary N) is 2. The monoisotopic (exact) mass is 340 g/mol. The number of amides is 2. The molecule has 1 saturated carbocycles. The first-order valence-electron chi connectivity index (χ1n) is 6.93. The van der Waals surface area contributed by atoms with Gasteiger partial charge in [-0.25, -0.2) is 0 Å². The predicted molar refractivity (Wildman–Crippen MR) is 89.9 cm³/mol. The lowest BCUT2D eigenvalue weighted by atomic mass is 10.1. The van der Waals surface area contributed by atoms with Crippen LogP contribution in [-0.2, 0) is 9.59 Å². The molecule has 1 aromatic rings. The van der Waals surface area contributed by atoms with Crippen molar-refractivity contribution in [2.24, 2.45) is 17.3 Å². The Kier molecular flexibility index (Phi) is 4.83. The number of carbonyl (C=O) groups excluding carboxylic acids is 2. The Bertz CT molecular complexity index is 620. The zero-order valence-electron chi connectivity index (χ0n) is 12.6. The summed E-state index contributed by atoms with van der Waals surface area (Å²) in [5, 5.41) is 5.55. The van der Waals surface area contributed by atoms with E-state index in [4.69, 9.17) is 23.2 Å². The van der Waals surface area contributed by atoms with Crippen LogP contribution >= 0.6 is 23.2 Å². The van der Waals surface area contributed by atoms with Crippen LogP contribution in [0.1, 0.15) is 20.8 Å². The highest BCUT2D eigenvalue weighted by atomic mass is 35.5. The molecule has 2 rings (SSSR count). The van der Waals surface area contributed by atoms with Gasteiger partial charge >= 0.3 is 0 Å². The van der Waals surface area contributed by atoms with Gasteiger partial charge in [-0.2, -0.15) is 0 Å². The third-order valence-electron chi connectivity index (χ3n) is 3.97. The van der Waals surface area contributed by atoms with Crippen molar-refractivity contribution in [2.75, 3.05) is 10.6 Å². The minimum Gasteiger partial charge on any atom is -0.326 e. The standard InChI is InChI=1S/C16H18Cl2N2O2/c1-9(21)19-10-4-6-11(7-5-10)20-15(22)14-12(8-13(17)18)16(14,2)3/h4-8,12,14H,1-3H3,(H,19,21)(H,20,22)/t12-,14+/m1/s1. The highest BCUT2D eigenvalue weighted by molar-refractivity contribution is 6.55. The maximum absolute atomic E-state index is 12.3. The molecule has 1 aliphatic carbocycles. The van der Waals surface area contributed by atoms with Crippen molar-refractivity contribution in [3.63, 3.8) is 0 Å². The Hall–Kier alpha value is -1.52. The summed E-state index contributed by atoms with van der Waals surface area (Å²) in [6.45, 7) is 5.46. The summed E-state index contributed by atoms with van der Waals surface area (Å²) in [6, 6.07) is 6.97. The SMILES string of the molecule is CC(=O)Nc1ccc(NC(=O)[C@@H]2[C@@H](C=C(Cl)Cl)C2(C)C)cc1. The lowest BCUT2D eigenvalue weighted by Crippen LogP contribution is -2.16. The van der Waals surface area contributed by atoms with Gasteiger partial charge in [0.1, 0.15) is 4.49 Å². The van der Waals surface area contributed by atoms with Gasteiger partial charge in [-0.3, -0.25) is 9.59 Å². The number of benzene rings is 1. The molecule has 2 amide bonds. The summed E-state index contributed by atoms with van der Waals surface area (Å²) in [5.41, 5.74) is 1.21. The van der Waals surface area contributed by atoms with Gasteiger partial charge in [-0.1, -0.05) is 37.0 Å². The van der Waals surface area contributed by atoms with Gasteiger partial charge in [0, 0.05) is 18.3 Å². The number of hydrogen-bond donors (Lipinski definition) is 2. The molecule has 1 fully saturated rings. The zero-order chi connectivity index (χ0) is 16.5. The van der Waals surface area contributed by atoms with Crippen molar-refractivity contribution in [1.29, 1.82) is 0 Å². The van der Waals surface area contributed by atoms with E-state index in [0.717, 1.165) is 0 Å². The van der Waals surface area contributed by atoms with Crippen LogP contribution in [0, 0.1) is 17.3 Å². The normalized spacial score (nSPS) is 21.7. The largest absolute Gasteiger partial charge is 0.326 e. The van der Waals surface area contributed by atoms with Crippen molar-refractivity contribution in [3.8, 4) is 0 Å². The minimum atomic E-state index is -0.158. The molecule has 0 aliphatic heterocycles. The Balaban J connectivity index is 2.01. The summed E-state index contributed by atoms with van der Waals surface area (Å²) >= 11 is 11.4. The molecule has 2 N–H and O–H groups in total. The fourth-order valence-corrected chi connectivity index (χ4v) is 2.96. The number of allylic oxidation sites excluding steroid dienone is 1. The predicted octanol–water partition coefficient (Wildman–Crippen LogP) is 4.17. The Morgan fingerprint density at radius 3 is 2.05 bits per heavy atom. The van der Waals surface area contributed by atoms with Crippen LogP contribution in [0.15, 0.2) is 34.8 Å². The molecular weight excluding hydrogens is 323 g/mol. The molecule has 22 heavy (non-hydrogen) atoms. The first-order valence-corrected chi connectivity index (χ1v) is 7.68. The molecule has 1 aliphatic rings. The number of carbonyl (C=O) groups is 2. The van der Waals surface area contributed by atoms with Gasteiger partial charge in [0.25, 0.3) is 0 Å². The maximum atomic E-state index is 12.3. The molecule has 1 aromatic carbocycles. The summed E-state index contributed by atoms with van der Waals surface area (Å²) in [7, 11) is 0. The fraction of sp³-hybridized carbons (Fsp3) is 0.375. The molecule has 0 spiro atoms.